The molecule has 1 heterocycles. The van der Waals surface area contributed by atoms with Crippen LogP contribution in [0.5, 0.6) is 0 Å². The number of nitrogens with one attached hydrogen (secondary N) is 1. The van der Waals surface area contributed by atoms with Crippen LogP contribution in [0.1, 0.15) is 27.0 Å². The number of pyridine rings is 1. The molecule has 0 saturated heterocycles. The van der Waals surface area contributed by atoms with Crippen LogP contribution in [0.25, 0.3) is 0 Å². The molecule has 0 aliphatic heterocycles. The lowest BCUT2D eigenvalue weighted by atomic mass is 10.1. The number of aryl methyl sites for hydroxylation is 2. The van der Waals surface area contributed by atoms with Crippen molar-refractivity contribution in [1.82, 2.24) is 9.88 Å². The molecule has 2 rings (SSSR count). The smallest absolute Gasteiger partial charge is 0.255 e. The number of benzene rings is 1. The summed E-state index contributed by atoms with van der Waals surface area (Å²) in [5.41, 5.74) is 3.78. The van der Waals surface area contributed by atoms with E-state index in [1.54, 1.807) is 18.0 Å². The molecule has 1 aromatic heterocycles. The van der Waals surface area contributed by atoms with Crippen molar-refractivity contribution >= 4 is 5.91 Å². The van der Waals surface area contributed by atoms with E-state index in [0.717, 1.165) is 5.56 Å². The summed E-state index contributed by atoms with van der Waals surface area (Å²) < 4.78 is 0. The van der Waals surface area contributed by atoms with Crippen molar-refractivity contribution in [3.63, 3.8) is 0 Å². The average molecular weight is 270 g/mol. The van der Waals surface area contributed by atoms with Gasteiger partial charge in [0.2, 0.25) is 5.56 Å². The molecule has 4 nitrogen and oxygen atoms in total. The van der Waals surface area contributed by atoms with E-state index in [2.05, 4.69) is 11.1 Å². The highest BCUT2D eigenvalue weighted by Gasteiger charge is 2.13. The van der Waals surface area contributed by atoms with E-state index in [0.29, 0.717) is 12.1 Å². The van der Waals surface area contributed by atoms with E-state index < -0.39 is 0 Å². The van der Waals surface area contributed by atoms with Crippen molar-refractivity contribution in [3.8, 4) is 0 Å². The number of carbonyl (C=O) groups is 1. The molecule has 0 aliphatic rings. The van der Waals surface area contributed by atoms with Crippen molar-refractivity contribution in [2.75, 3.05) is 7.05 Å². The summed E-state index contributed by atoms with van der Waals surface area (Å²) in [7, 11) is 1.76. The van der Waals surface area contributed by atoms with E-state index in [1.165, 1.54) is 23.4 Å². The van der Waals surface area contributed by atoms with Gasteiger partial charge in [-0.25, -0.2) is 0 Å². The largest absolute Gasteiger partial charge is 0.337 e. The molecule has 0 radical (unpaired) electrons. The number of nitrogens with zero attached hydrogens (tertiary/aromatic N) is 1. The molecule has 0 bridgehead atoms. The standard InChI is InChI=1S/C16H18N2O2/c1-11-4-5-14(12(2)8-11)10-18(3)16(20)13-6-7-15(19)17-9-13/h4-9H,10H2,1-3H3,(H,17,19). The molecule has 0 saturated carbocycles. The molecule has 2 aromatic rings. The van der Waals surface area contributed by atoms with Crippen LogP contribution in [0, 0.1) is 13.8 Å². The quantitative estimate of drug-likeness (QED) is 0.930. The van der Waals surface area contributed by atoms with Crippen LogP contribution in [0.4, 0.5) is 0 Å². The molecule has 0 atom stereocenters. The number of hydrogen-bond donors (Lipinski definition) is 1. The Bertz CT molecular complexity index is 669. The summed E-state index contributed by atoms with van der Waals surface area (Å²) in [6, 6.07) is 9.09. The zero-order chi connectivity index (χ0) is 14.7. The second-order valence-corrected chi connectivity index (χ2v) is 5.03. The molecule has 4 heteroatoms. The highest BCUT2D eigenvalue weighted by molar-refractivity contribution is 5.93. The number of aromatic amines is 1. The SMILES string of the molecule is Cc1ccc(CN(C)C(=O)c2ccc(=O)[nH]c2)c(C)c1. The molecule has 0 unspecified atom stereocenters. The number of carbonyl (C=O) groups excluding carboxylic acids is 1. The van der Waals surface area contributed by atoms with E-state index in [9.17, 15) is 9.59 Å². The molecular formula is C16H18N2O2. The van der Waals surface area contributed by atoms with Gasteiger partial charge in [0.1, 0.15) is 0 Å². The first-order valence-electron chi connectivity index (χ1n) is 6.47. The molecule has 0 spiro atoms. The molecule has 20 heavy (non-hydrogen) atoms. The first-order chi connectivity index (χ1) is 9.47. The van der Waals surface area contributed by atoms with Crippen molar-refractivity contribution in [3.05, 3.63) is 69.1 Å². The van der Waals surface area contributed by atoms with Crippen molar-refractivity contribution in [1.29, 1.82) is 0 Å². The van der Waals surface area contributed by atoms with Crippen LogP contribution < -0.4 is 5.56 Å². The first-order valence-corrected chi connectivity index (χ1v) is 6.47. The van der Waals surface area contributed by atoms with Crippen molar-refractivity contribution in [2.45, 2.75) is 20.4 Å². The minimum atomic E-state index is -0.210. The Balaban J connectivity index is 2.15. The predicted molar refractivity (Wildman–Crippen MR) is 78.8 cm³/mol. The van der Waals surface area contributed by atoms with Crippen LogP contribution in [0.2, 0.25) is 0 Å². The topological polar surface area (TPSA) is 53.2 Å². The van der Waals surface area contributed by atoms with E-state index in [4.69, 9.17) is 0 Å². The summed E-state index contributed by atoms with van der Waals surface area (Å²) in [5.74, 6) is -0.110. The van der Waals surface area contributed by atoms with Crippen LogP contribution in [0.3, 0.4) is 0 Å². The van der Waals surface area contributed by atoms with E-state index in [1.807, 2.05) is 26.0 Å². The molecule has 104 valence electrons. The Hall–Kier alpha value is -2.36. The van der Waals surface area contributed by atoms with Gasteiger partial charge in [0, 0.05) is 25.9 Å². The van der Waals surface area contributed by atoms with Gasteiger partial charge >= 0.3 is 0 Å². The predicted octanol–water partition coefficient (Wildman–Crippen LogP) is 2.26. The van der Waals surface area contributed by atoms with Gasteiger partial charge < -0.3 is 9.88 Å². The Morgan fingerprint density at radius 2 is 1.95 bits per heavy atom. The Kier molecular flexibility index (Phi) is 4.03. The zero-order valence-corrected chi connectivity index (χ0v) is 11.9. The second kappa shape index (κ2) is 5.74. The lowest BCUT2D eigenvalue weighted by Gasteiger charge is -2.18. The third-order valence-corrected chi connectivity index (χ3v) is 3.28. The number of H-pyrrole nitrogens is 1. The normalized spacial score (nSPS) is 10.3. The molecule has 1 aromatic carbocycles. The van der Waals surface area contributed by atoms with E-state index >= 15 is 0 Å². The Labute approximate surface area is 118 Å². The molecule has 0 aliphatic carbocycles. The second-order valence-electron chi connectivity index (χ2n) is 5.03. The Morgan fingerprint density at radius 3 is 2.55 bits per heavy atom. The fourth-order valence-corrected chi connectivity index (χ4v) is 2.11. The van der Waals surface area contributed by atoms with Gasteiger partial charge in [-0.1, -0.05) is 23.8 Å². The summed E-state index contributed by atoms with van der Waals surface area (Å²) >= 11 is 0. The maximum Gasteiger partial charge on any atom is 0.255 e. The van der Waals surface area contributed by atoms with Gasteiger partial charge in [0.05, 0.1) is 5.56 Å². The minimum Gasteiger partial charge on any atom is -0.337 e. The zero-order valence-electron chi connectivity index (χ0n) is 11.9. The van der Waals surface area contributed by atoms with Crippen LogP contribution in [-0.2, 0) is 6.54 Å². The van der Waals surface area contributed by atoms with Gasteiger partial charge in [-0.2, -0.15) is 0 Å². The third kappa shape index (κ3) is 3.15. The third-order valence-electron chi connectivity index (χ3n) is 3.28. The van der Waals surface area contributed by atoms with Crippen molar-refractivity contribution in [2.24, 2.45) is 0 Å². The molecule has 1 amide bonds. The van der Waals surface area contributed by atoms with Crippen LogP contribution in [-0.4, -0.2) is 22.8 Å². The van der Waals surface area contributed by atoms with Gasteiger partial charge in [0.15, 0.2) is 0 Å². The van der Waals surface area contributed by atoms with E-state index in [-0.39, 0.29) is 11.5 Å². The number of amides is 1. The Morgan fingerprint density at radius 1 is 1.20 bits per heavy atom. The summed E-state index contributed by atoms with van der Waals surface area (Å²) in [6.45, 7) is 4.64. The molecular weight excluding hydrogens is 252 g/mol. The van der Waals surface area contributed by atoms with Gasteiger partial charge in [0.25, 0.3) is 5.91 Å². The summed E-state index contributed by atoms with van der Waals surface area (Å²) in [6.07, 6.45) is 1.45. The fourth-order valence-electron chi connectivity index (χ4n) is 2.11. The highest BCUT2D eigenvalue weighted by atomic mass is 16.2. The maximum absolute atomic E-state index is 12.2. The van der Waals surface area contributed by atoms with Gasteiger partial charge in [-0.05, 0) is 31.0 Å². The summed E-state index contributed by atoms with van der Waals surface area (Å²) in [5, 5.41) is 0. The van der Waals surface area contributed by atoms with Gasteiger partial charge in [-0.15, -0.1) is 0 Å². The monoisotopic (exact) mass is 270 g/mol. The number of aromatic nitrogens is 1. The lowest BCUT2D eigenvalue weighted by Crippen LogP contribution is -2.27. The fraction of sp³-hybridized carbons (Fsp3) is 0.250. The van der Waals surface area contributed by atoms with Gasteiger partial charge in [-0.3, -0.25) is 9.59 Å². The lowest BCUT2D eigenvalue weighted by molar-refractivity contribution is 0.0784. The maximum atomic E-state index is 12.2. The van der Waals surface area contributed by atoms with Crippen LogP contribution >= 0.6 is 0 Å². The van der Waals surface area contributed by atoms with Crippen molar-refractivity contribution < 1.29 is 4.79 Å². The number of rotatable bonds is 3. The number of hydrogen-bond acceptors (Lipinski definition) is 2. The first kappa shape index (κ1) is 14.1. The minimum absolute atomic E-state index is 0.110. The average Bonchev–Trinajstić information content (AvgIpc) is 2.42. The summed E-state index contributed by atoms with van der Waals surface area (Å²) in [4.78, 5) is 27.4. The highest BCUT2D eigenvalue weighted by Crippen LogP contribution is 2.13. The van der Waals surface area contributed by atoms with Crippen LogP contribution in [0.15, 0.2) is 41.3 Å². The molecule has 0 fully saturated rings. The molecule has 1 N–H and O–H groups in total.